The van der Waals surface area contributed by atoms with Gasteiger partial charge in [-0.15, -0.1) is 0 Å². The van der Waals surface area contributed by atoms with Gasteiger partial charge in [-0.05, 0) is 19.8 Å². The van der Waals surface area contributed by atoms with Gasteiger partial charge in [0.1, 0.15) is 0 Å². The Balaban J connectivity index is 4.03. The summed E-state index contributed by atoms with van der Waals surface area (Å²) in [5.74, 6) is 0. The molecule has 0 aromatic carbocycles. The van der Waals surface area contributed by atoms with Gasteiger partial charge in [-0.1, -0.05) is 13.8 Å². The molecule has 0 aromatic heterocycles. The van der Waals surface area contributed by atoms with Crippen molar-refractivity contribution in [3.8, 4) is 0 Å². The quantitative estimate of drug-likeness (QED) is 0.624. The number of rotatable bonds is 7. The van der Waals surface area contributed by atoms with Crippen LogP contribution in [-0.4, -0.2) is 47.0 Å². The number of aliphatic hydroxyl groups excluding tert-OH is 2. The Labute approximate surface area is 81.4 Å². The van der Waals surface area contributed by atoms with Crippen LogP contribution in [0.2, 0.25) is 0 Å². The maximum absolute atomic E-state index is 9.27. The summed E-state index contributed by atoms with van der Waals surface area (Å²) >= 11 is 0. The highest BCUT2D eigenvalue weighted by molar-refractivity contribution is 4.70. The van der Waals surface area contributed by atoms with Crippen LogP contribution in [0.5, 0.6) is 0 Å². The monoisotopic (exact) mass is 189 g/mol. The van der Waals surface area contributed by atoms with E-state index in [9.17, 15) is 5.11 Å². The first-order valence-electron chi connectivity index (χ1n) is 5.18. The van der Waals surface area contributed by atoms with E-state index < -0.39 is 0 Å². The maximum Gasteiger partial charge on any atom is 0.0639 e. The van der Waals surface area contributed by atoms with E-state index >= 15 is 0 Å². The normalized spacial score (nSPS) is 14.1. The fraction of sp³-hybridized carbons (Fsp3) is 1.00. The van der Waals surface area contributed by atoms with Crippen molar-refractivity contribution in [3.05, 3.63) is 0 Å². The molecule has 2 N–H and O–H groups in total. The minimum Gasteiger partial charge on any atom is -0.395 e. The molecule has 0 aromatic rings. The van der Waals surface area contributed by atoms with Crippen LogP contribution in [0.1, 0.15) is 33.6 Å². The molecule has 0 radical (unpaired) electrons. The average Bonchev–Trinajstić information content (AvgIpc) is 2.05. The topological polar surface area (TPSA) is 43.7 Å². The Morgan fingerprint density at radius 1 is 1.23 bits per heavy atom. The van der Waals surface area contributed by atoms with Crippen LogP contribution in [-0.2, 0) is 0 Å². The van der Waals surface area contributed by atoms with Crippen LogP contribution >= 0.6 is 0 Å². The Kier molecular flexibility index (Phi) is 7.23. The van der Waals surface area contributed by atoms with Gasteiger partial charge in [0.05, 0.1) is 12.7 Å². The summed E-state index contributed by atoms with van der Waals surface area (Å²) in [7, 11) is 0. The minimum atomic E-state index is -0.313. The van der Waals surface area contributed by atoms with Crippen LogP contribution in [0.25, 0.3) is 0 Å². The lowest BCUT2D eigenvalue weighted by Gasteiger charge is -2.30. The molecule has 3 heteroatoms. The third-order valence-corrected chi connectivity index (χ3v) is 2.34. The minimum absolute atomic E-state index is 0.170. The lowest BCUT2D eigenvalue weighted by Crippen LogP contribution is -2.41. The van der Waals surface area contributed by atoms with E-state index in [1.165, 1.54) is 0 Å². The SMILES string of the molecule is CCC(CC)N(CCO)C[C@@H](C)O. The molecule has 80 valence electrons. The summed E-state index contributed by atoms with van der Waals surface area (Å²) < 4.78 is 0. The van der Waals surface area contributed by atoms with Crippen molar-refractivity contribution in [2.45, 2.75) is 45.8 Å². The van der Waals surface area contributed by atoms with Gasteiger partial charge < -0.3 is 10.2 Å². The van der Waals surface area contributed by atoms with Crippen molar-refractivity contribution in [1.82, 2.24) is 4.90 Å². The van der Waals surface area contributed by atoms with Crippen molar-refractivity contribution in [2.24, 2.45) is 0 Å². The fourth-order valence-electron chi connectivity index (χ4n) is 1.70. The molecule has 3 nitrogen and oxygen atoms in total. The van der Waals surface area contributed by atoms with Crippen LogP contribution in [0, 0.1) is 0 Å². The first kappa shape index (κ1) is 12.9. The van der Waals surface area contributed by atoms with Gasteiger partial charge in [0.2, 0.25) is 0 Å². The van der Waals surface area contributed by atoms with Gasteiger partial charge in [0.15, 0.2) is 0 Å². The Hall–Kier alpha value is -0.120. The van der Waals surface area contributed by atoms with Crippen molar-refractivity contribution in [1.29, 1.82) is 0 Å². The number of nitrogens with zero attached hydrogens (tertiary/aromatic N) is 1. The molecule has 0 bridgehead atoms. The van der Waals surface area contributed by atoms with Crippen molar-refractivity contribution in [2.75, 3.05) is 19.7 Å². The van der Waals surface area contributed by atoms with Crippen molar-refractivity contribution < 1.29 is 10.2 Å². The van der Waals surface area contributed by atoms with E-state index in [1.807, 2.05) is 0 Å². The van der Waals surface area contributed by atoms with Gasteiger partial charge in [0.25, 0.3) is 0 Å². The molecule has 0 saturated carbocycles. The van der Waals surface area contributed by atoms with Crippen molar-refractivity contribution >= 4 is 0 Å². The van der Waals surface area contributed by atoms with Gasteiger partial charge in [-0.3, -0.25) is 4.90 Å². The molecule has 0 aliphatic rings. The molecule has 0 saturated heterocycles. The highest BCUT2D eigenvalue weighted by Gasteiger charge is 2.15. The molecule has 0 heterocycles. The van der Waals surface area contributed by atoms with Crippen LogP contribution < -0.4 is 0 Å². The standard InChI is InChI=1S/C10H23NO2/c1-4-10(5-2)11(6-7-12)8-9(3)13/h9-10,12-13H,4-8H2,1-3H3/t9-/m1/s1. The molecular formula is C10H23NO2. The summed E-state index contributed by atoms with van der Waals surface area (Å²) in [6.45, 7) is 7.56. The van der Waals surface area contributed by atoms with E-state index in [0.29, 0.717) is 19.1 Å². The van der Waals surface area contributed by atoms with Crippen LogP contribution in [0.3, 0.4) is 0 Å². The lowest BCUT2D eigenvalue weighted by atomic mass is 10.1. The number of aliphatic hydroxyl groups is 2. The van der Waals surface area contributed by atoms with E-state index in [2.05, 4.69) is 18.7 Å². The molecule has 0 unspecified atom stereocenters. The predicted octanol–water partition coefficient (Wildman–Crippen LogP) is 0.850. The highest BCUT2D eigenvalue weighted by atomic mass is 16.3. The maximum atomic E-state index is 9.27. The fourth-order valence-corrected chi connectivity index (χ4v) is 1.70. The highest BCUT2D eigenvalue weighted by Crippen LogP contribution is 2.08. The molecule has 0 spiro atoms. The van der Waals surface area contributed by atoms with E-state index in [0.717, 1.165) is 12.8 Å². The van der Waals surface area contributed by atoms with E-state index in [-0.39, 0.29) is 12.7 Å². The van der Waals surface area contributed by atoms with Gasteiger partial charge in [-0.2, -0.15) is 0 Å². The molecule has 0 aliphatic carbocycles. The molecule has 1 atom stereocenters. The lowest BCUT2D eigenvalue weighted by molar-refractivity contribution is 0.0790. The predicted molar refractivity (Wildman–Crippen MR) is 54.7 cm³/mol. The zero-order chi connectivity index (χ0) is 10.3. The van der Waals surface area contributed by atoms with Gasteiger partial charge >= 0.3 is 0 Å². The second kappa shape index (κ2) is 7.30. The molecule has 0 rings (SSSR count). The average molecular weight is 189 g/mol. The smallest absolute Gasteiger partial charge is 0.0639 e. The summed E-state index contributed by atoms with van der Waals surface area (Å²) in [4.78, 5) is 2.16. The largest absolute Gasteiger partial charge is 0.395 e. The zero-order valence-electron chi connectivity index (χ0n) is 9.03. The number of hydrogen-bond acceptors (Lipinski definition) is 3. The van der Waals surface area contributed by atoms with Gasteiger partial charge in [0, 0.05) is 19.1 Å². The molecule has 0 amide bonds. The Bertz CT molecular complexity index is 113. The molecular weight excluding hydrogens is 166 g/mol. The third-order valence-electron chi connectivity index (χ3n) is 2.34. The summed E-state index contributed by atoms with van der Waals surface area (Å²) in [5, 5.41) is 18.1. The van der Waals surface area contributed by atoms with Gasteiger partial charge in [-0.25, -0.2) is 0 Å². The zero-order valence-corrected chi connectivity index (χ0v) is 9.03. The second-order valence-electron chi connectivity index (χ2n) is 3.54. The van der Waals surface area contributed by atoms with Crippen LogP contribution in [0.15, 0.2) is 0 Å². The first-order chi connectivity index (χ1) is 6.15. The summed E-state index contributed by atoms with van der Waals surface area (Å²) in [5.41, 5.74) is 0. The molecule has 13 heavy (non-hydrogen) atoms. The number of hydrogen-bond donors (Lipinski definition) is 2. The Morgan fingerprint density at radius 2 is 1.77 bits per heavy atom. The second-order valence-corrected chi connectivity index (χ2v) is 3.54. The Morgan fingerprint density at radius 3 is 2.08 bits per heavy atom. The summed E-state index contributed by atoms with van der Waals surface area (Å²) in [6, 6.07) is 0.488. The summed E-state index contributed by atoms with van der Waals surface area (Å²) in [6.07, 6.45) is 1.83. The molecule has 0 fully saturated rings. The van der Waals surface area contributed by atoms with Crippen LogP contribution in [0.4, 0.5) is 0 Å². The van der Waals surface area contributed by atoms with E-state index in [4.69, 9.17) is 5.11 Å². The van der Waals surface area contributed by atoms with Crippen molar-refractivity contribution in [3.63, 3.8) is 0 Å². The molecule has 0 aliphatic heterocycles. The first-order valence-corrected chi connectivity index (χ1v) is 5.18. The van der Waals surface area contributed by atoms with E-state index in [1.54, 1.807) is 6.92 Å². The third kappa shape index (κ3) is 5.24.